The molecule has 3 amide bonds. The molecule has 0 aliphatic heterocycles. The van der Waals surface area contributed by atoms with Gasteiger partial charge >= 0.3 is 5.97 Å². The molecule has 14 heteroatoms. The lowest BCUT2D eigenvalue weighted by Crippen LogP contribution is -2.44. The lowest BCUT2D eigenvalue weighted by molar-refractivity contribution is -0.123. The first-order valence-electron chi connectivity index (χ1n) is 14.0. The van der Waals surface area contributed by atoms with E-state index in [0.29, 0.717) is 22.5 Å². The third kappa shape index (κ3) is 9.29. The molecule has 1 atom stereocenters. The van der Waals surface area contributed by atoms with Crippen LogP contribution in [0.3, 0.4) is 0 Å². The molecule has 0 aliphatic carbocycles. The van der Waals surface area contributed by atoms with E-state index in [1.54, 1.807) is 57.2 Å². The van der Waals surface area contributed by atoms with Crippen molar-refractivity contribution in [3.63, 3.8) is 0 Å². The Morgan fingerprint density at radius 3 is 2.24 bits per heavy atom. The first-order valence-corrected chi connectivity index (χ1v) is 14.4. The number of tetrazole rings is 1. The Labute approximate surface area is 269 Å². The summed E-state index contributed by atoms with van der Waals surface area (Å²) >= 11 is 5.98. The zero-order valence-corrected chi connectivity index (χ0v) is 26.1. The predicted octanol–water partition coefficient (Wildman–Crippen LogP) is 4.75. The molecule has 1 heterocycles. The zero-order chi connectivity index (χ0) is 33.4. The number of hydrogen-bond donors (Lipinski definition) is 3. The van der Waals surface area contributed by atoms with Gasteiger partial charge in [0.1, 0.15) is 18.0 Å². The van der Waals surface area contributed by atoms with Crippen LogP contribution in [-0.4, -0.2) is 55.5 Å². The second kappa shape index (κ2) is 14.6. The highest BCUT2D eigenvalue weighted by molar-refractivity contribution is 6.31. The van der Waals surface area contributed by atoms with Gasteiger partial charge in [0.05, 0.1) is 16.3 Å². The van der Waals surface area contributed by atoms with Crippen LogP contribution in [-0.2, 0) is 25.5 Å². The molecular formula is C32H31ClFN7O5. The number of carbonyl (C=O) groups is 4. The molecule has 0 spiro atoms. The van der Waals surface area contributed by atoms with Crippen molar-refractivity contribution in [1.82, 2.24) is 25.5 Å². The van der Waals surface area contributed by atoms with Crippen LogP contribution in [0.1, 0.15) is 49.2 Å². The van der Waals surface area contributed by atoms with Gasteiger partial charge in [0.15, 0.2) is 5.82 Å². The molecule has 0 unspecified atom stereocenters. The van der Waals surface area contributed by atoms with Crippen LogP contribution in [0.2, 0.25) is 5.02 Å². The minimum absolute atomic E-state index is 0.0467. The van der Waals surface area contributed by atoms with Crippen LogP contribution in [0, 0.1) is 5.82 Å². The fourth-order valence-corrected chi connectivity index (χ4v) is 4.36. The summed E-state index contributed by atoms with van der Waals surface area (Å²) in [5, 5.41) is 18.8. The van der Waals surface area contributed by atoms with Gasteiger partial charge in [-0.2, -0.15) is 4.68 Å². The summed E-state index contributed by atoms with van der Waals surface area (Å²) in [6.45, 7) is 6.67. The predicted molar refractivity (Wildman–Crippen MR) is 170 cm³/mol. The van der Waals surface area contributed by atoms with E-state index in [1.807, 2.05) is 0 Å². The standard InChI is InChI=1S/C32H31ClFN7O5/c1-19(42)36-22-9-5-20(6-10-22)17-26(30(44)37-23-11-7-21(8-12-23)31(45)46-32(2,3)4)38-28(43)16-13-24-27(41-18-35-39-40-41)15-14-25(33)29(24)34/h5-16,18,26H,17H2,1-4H3,(H,36,42)(H,37,44)(H,38,43)/b16-13+/t26-/m0/s1. The Morgan fingerprint density at radius 2 is 1.63 bits per heavy atom. The fourth-order valence-electron chi connectivity index (χ4n) is 4.19. The number of rotatable bonds is 10. The molecule has 3 N–H and O–H groups in total. The molecule has 1 aromatic heterocycles. The summed E-state index contributed by atoms with van der Waals surface area (Å²) in [4.78, 5) is 50.3. The number of amides is 3. The Bertz CT molecular complexity index is 1750. The van der Waals surface area contributed by atoms with Gasteiger partial charge < -0.3 is 20.7 Å². The number of esters is 1. The minimum Gasteiger partial charge on any atom is -0.456 e. The summed E-state index contributed by atoms with van der Waals surface area (Å²) < 4.78 is 21.6. The third-order valence-corrected chi connectivity index (χ3v) is 6.53. The molecule has 0 aliphatic rings. The van der Waals surface area contributed by atoms with Gasteiger partial charge in [-0.15, -0.1) is 5.10 Å². The van der Waals surface area contributed by atoms with Gasteiger partial charge in [0, 0.05) is 36.4 Å². The first kappa shape index (κ1) is 33.5. The van der Waals surface area contributed by atoms with Crippen molar-refractivity contribution in [3.8, 4) is 5.69 Å². The minimum atomic E-state index is -1.09. The van der Waals surface area contributed by atoms with E-state index in [4.69, 9.17) is 16.3 Å². The van der Waals surface area contributed by atoms with E-state index in [1.165, 1.54) is 48.3 Å². The van der Waals surface area contributed by atoms with Crippen molar-refractivity contribution >= 4 is 52.7 Å². The number of benzene rings is 3. The molecule has 4 rings (SSSR count). The fraction of sp³-hybridized carbons (Fsp3) is 0.219. The van der Waals surface area contributed by atoms with Crippen molar-refractivity contribution in [3.05, 3.63) is 101 Å². The van der Waals surface area contributed by atoms with Crippen molar-refractivity contribution < 1.29 is 28.3 Å². The Kier molecular flexibility index (Phi) is 10.6. The normalized spacial score (nSPS) is 12.0. The maximum absolute atomic E-state index is 15.0. The molecule has 0 saturated carbocycles. The highest BCUT2D eigenvalue weighted by Gasteiger charge is 2.22. The van der Waals surface area contributed by atoms with Gasteiger partial charge in [0.25, 0.3) is 0 Å². The molecule has 238 valence electrons. The first-order chi connectivity index (χ1) is 21.8. The molecule has 0 fully saturated rings. The van der Waals surface area contributed by atoms with Gasteiger partial charge in [-0.25, -0.2) is 9.18 Å². The maximum Gasteiger partial charge on any atom is 0.338 e. The second-order valence-corrected chi connectivity index (χ2v) is 11.5. The largest absolute Gasteiger partial charge is 0.456 e. The van der Waals surface area contributed by atoms with Gasteiger partial charge in [-0.05, 0) is 91.4 Å². The molecule has 0 radical (unpaired) electrons. The van der Waals surface area contributed by atoms with Crippen molar-refractivity contribution in [2.45, 2.75) is 45.8 Å². The molecule has 0 saturated heterocycles. The summed E-state index contributed by atoms with van der Waals surface area (Å²) in [6, 6.07) is 14.6. The van der Waals surface area contributed by atoms with E-state index in [2.05, 4.69) is 31.5 Å². The topological polar surface area (TPSA) is 157 Å². The van der Waals surface area contributed by atoms with Gasteiger partial charge in [-0.3, -0.25) is 14.4 Å². The van der Waals surface area contributed by atoms with E-state index in [-0.39, 0.29) is 28.6 Å². The summed E-state index contributed by atoms with van der Waals surface area (Å²) in [5.41, 5.74) is 1.44. The van der Waals surface area contributed by atoms with Gasteiger partial charge in [0.2, 0.25) is 17.7 Å². The number of carbonyl (C=O) groups excluding carboxylic acids is 4. The monoisotopic (exact) mass is 647 g/mol. The van der Waals surface area contributed by atoms with E-state index < -0.39 is 35.2 Å². The van der Waals surface area contributed by atoms with Crippen LogP contribution in [0.4, 0.5) is 15.8 Å². The summed E-state index contributed by atoms with van der Waals surface area (Å²) in [7, 11) is 0. The Morgan fingerprint density at radius 1 is 0.978 bits per heavy atom. The molecule has 0 bridgehead atoms. The van der Waals surface area contributed by atoms with Crippen molar-refractivity contribution in [1.29, 1.82) is 0 Å². The molecule has 12 nitrogen and oxygen atoms in total. The quantitative estimate of drug-likeness (QED) is 0.164. The average Bonchev–Trinajstić information content (AvgIpc) is 3.52. The summed E-state index contributed by atoms with van der Waals surface area (Å²) in [5.74, 6) is -2.79. The molecule has 4 aromatic rings. The molecular weight excluding hydrogens is 617 g/mol. The van der Waals surface area contributed by atoms with Gasteiger partial charge in [-0.1, -0.05) is 23.7 Å². The SMILES string of the molecule is CC(=O)Nc1ccc(C[C@H](NC(=O)/C=C/c2c(-n3cnnn3)ccc(Cl)c2F)C(=O)Nc2ccc(C(=O)OC(C)(C)C)cc2)cc1. The van der Waals surface area contributed by atoms with E-state index in [9.17, 15) is 23.6 Å². The van der Waals surface area contributed by atoms with Crippen LogP contribution < -0.4 is 16.0 Å². The number of halogens is 2. The number of ether oxygens (including phenoxy) is 1. The van der Waals surface area contributed by atoms with Crippen LogP contribution in [0.25, 0.3) is 11.8 Å². The second-order valence-electron chi connectivity index (χ2n) is 11.1. The highest BCUT2D eigenvalue weighted by Crippen LogP contribution is 2.25. The zero-order valence-electron chi connectivity index (χ0n) is 25.4. The Balaban J connectivity index is 1.54. The number of nitrogens with zero attached hydrogens (tertiary/aromatic N) is 4. The van der Waals surface area contributed by atoms with Crippen LogP contribution in [0.15, 0.2) is 73.1 Å². The number of anilines is 2. The lowest BCUT2D eigenvalue weighted by atomic mass is 10.0. The van der Waals surface area contributed by atoms with E-state index >= 15 is 0 Å². The average molecular weight is 648 g/mol. The smallest absolute Gasteiger partial charge is 0.338 e. The molecule has 46 heavy (non-hydrogen) atoms. The highest BCUT2D eigenvalue weighted by atomic mass is 35.5. The molecule has 3 aromatic carbocycles. The van der Waals surface area contributed by atoms with Crippen LogP contribution >= 0.6 is 11.6 Å². The van der Waals surface area contributed by atoms with Crippen molar-refractivity contribution in [2.24, 2.45) is 0 Å². The third-order valence-electron chi connectivity index (χ3n) is 6.24. The van der Waals surface area contributed by atoms with E-state index in [0.717, 1.165) is 6.08 Å². The summed E-state index contributed by atoms with van der Waals surface area (Å²) in [6.07, 6.45) is 3.61. The number of aromatic nitrogens is 4. The Hall–Kier alpha value is -5.43. The van der Waals surface area contributed by atoms with Crippen LogP contribution in [0.5, 0.6) is 0 Å². The van der Waals surface area contributed by atoms with Crippen molar-refractivity contribution in [2.75, 3.05) is 10.6 Å². The number of nitrogens with one attached hydrogen (secondary N) is 3. The lowest BCUT2D eigenvalue weighted by Gasteiger charge is -2.20. The number of hydrogen-bond acceptors (Lipinski definition) is 8. The maximum atomic E-state index is 15.0.